The summed E-state index contributed by atoms with van der Waals surface area (Å²) >= 11 is 0. The number of nitrogens with one attached hydrogen (secondary N) is 1. The molecule has 0 aromatic heterocycles. The Bertz CT molecular complexity index is 622. The Morgan fingerprint density at radius 2 is 2.16 bits per heavy atom. The summed E-state index contributed by atoms with van der Waals surface area (Å²) in [7, 11) is -3.78. The van der Waals surface area contributed by atoms with E-state index < -0.39 is 15.8 Å². The van der Waals surface area contributed by atoms with Gasteiger partial charge in [0.05, 0.1) is 16.9 Å². The molecule has 4 nitrogen and oxygen atoms in total. The molecule has 1 fully saturated rings. The van der Waals surface area contributed by atoms with Gasteiger partial charge in [-0.05, 0) is 37.5 Å². The Hall–Kier alpha value is -1.45. The number of rotatable bonds is 3. The monoisotopic (exact) mass is 282 g/mol. The molecular formula is C13H15FN2O2S. The van der Waals surface area contributed by atoms with Crippen LogP contribution in [0.15, 0.2) is 23.1 Å². The highest BCUT2D eigenvalue weighted by atomic mass is 32.2. The van der Waals surface area contributed by atoms with E-state index in [1.165, 1.54) is 12.1 Å². The molecule has 2 atom stereocenters. The Kier molecular flexibility index (Phi) is 3.88. The molecule has 19 heavy (non-hydrogen) atoms. The van der Waals surface area contributed by atoms with E-state index in [1.54, 1.807) is 6.92 Å². The van der Waals surface area contributed by atoms with Gasteiger partial charge in [0.1, 0.15) is 5.82 Å². The van der Waals surface area contributed by atoms with Crippen LogP contribution in [0.1, 0.15) is 24.8 Å². The number of hydrogen-bond acceptors (Lipinski definition) is 3. The first-order valence-electron chi connectivity index (χ1n) is 6.12. The first-order valence-corrected chi connectivity index (χ1v) is 7.60. The molecule has 0 aliphatic heterocycles. The third-order valence-corrected chi connectivity index (χ3v) is 5.06. The lowest BCUT2D eigenvalue weighted by atomic mass is 10.1. The summed E-state index contributed by atoms with van der Waals surface area (Å²) in [6.07, 6.45) is 2.17. The van der Waals surface area contributed by atoms with Crippen LogP contribution in [0, 0.1) is 30.0 Å². The SMILES string of the molecule is Cc1ccc(F)cc1S(=O)(=O)NC1CCCC1C#N. The van der Waals surface area contributed by atoms with Crippen molar-refractivity contribution in [2.75, 3.05) is 0 Å². The summed E-state index contributed by atoms with van der Waals surface area (Å²) in [5, 5.41) is 8.96. The fraction of sp³-hybridized carbons (Fsp3) is 0.462. The van der Waals surface area contributed by atoms with Crippen LogP contribution in [0.3, 0.4) is 0 Å². The van der Waals surface area contributed by atoms with E-state index in [1.807, 2.05) is 0 Å². The van der Waals surface area contributed by atoms with Gasteiger partial charge in [0.25, 0.3) is 0 Å². The quantitative estimate of drug-likeness (QED) is 0.923. The van der Waals surface area contributed by atoms with Crippen LogP contribution in [0.4, 0.5) is 4.39 Å². The molecule has 0 saturated heterocycles. The molecule has 2 unspecified atom stereocenters. The smallest absolute Gasteiger partial charge is 0.207 e. The number of hydrogen-bond donors (Lipinski definition) is 1. The normalized spacial score (nSPS) is 23.2. The second-order valence-electron chi connectivity index (χ2n) is 4.80. The van der Waals surface area contributed by atoms with Crippen molar-refractivity contribution in [1.82, 2.24) is 4.72 Å². The number of nitriles is 1. The van der Waals surface area contributed by atoms with Crippen LogP contribution in [-0.2, 0) is 10.0 Å². The van der Waals surface area contributed by atoms with Crippen molar-refractivity contribution in [1.29, 1.82) is 5.26 Å². The molecule has 1 aromatic rings. The molecule has 0 amide bonds. The van der Waals surface area contributed by atoms with Crippen molar-refractivity contribution in [2.24, 2.45) is 5.92 Å². The van der Waals surface area contributed by atoms with Crippen molar-refractivity contribution in [3.05, 3.63) is 29.6 Å². The summed E-state index contributed by atoms with van der Waals surface area (Å²) in [6.45, 7) is 1.62. The minimum absolute atomic E-state index is 0.0592. The zero-order valence-electron chi connectivity index (χ0n) is 10.6. The van der Waals surface area contributed by atoms with Gasteiger partial charge in [-0.3, -0.25) is 0 Å². The Balaban J connectivity index is 2.28. The van der Waals surface area contributed by atoms with Crippen molar-refractivity contribution < 1.29 is 12.8 Å². The number of halogens is 1. The van der Waals surface area contributed by atoms with E-state index in [4.69, 9.17) is 5.26 Å². The van der Waals surface area contributed by atoms with Crippen molar-refractivity contribution >= 4 is 10.0 Å². The second-order valence-corrected chi connectivity index (χ2v) is 6.49. The molecule has 1 saturated carbocycles. The molecule has 2 rings (SSSR count). The van der Waals surface area contributed by atoms with Gasteiger partial charge in [-0.2, -0.15) is 5.26 Å². The molecule has 102 valence electrons. The van der Waals surface area contributed by atoms with Crippen LogP contribution < -0.4 is 4.72 Å². The molecule has 0 spiro atoms. The van der Waals surface area contributed by atoms with Gasteiger partial charge < -0.3 is 0 Å². The van der Waals surface area contributed by atoms with E-state index in [0.29, 0.717) is 18.4 Å². The summed E-state index contributed by atoms with van der Waals surface area (Å²) < 4.78 is 40.2. The van der Waals surface area contributed by atoms with Crippen molar-refractivity contribution in [3.8, 4) is 6.07 Å². The number of sulfonamides is 1. The maximum atomic E-state index is 13.2. The minimum atomic E-state index is -3.78. The zero-order chi connectivity index (χ0) is 14.0. The van der Waals surface area contributed by atoms with Gasteiger partial charge in [-0.1, -0.05) is 12.5 Å². The predicted octanol–water partition coefficient (Wildman–Crippen LogP) is 2.10. The molecule has 0 bridgehead atoms. The maximum Gasteiger partial charge on any atom is 0.241 e. The molecule has 0 heterocycles. The maximum absolute atomic E-state index is 13.2. The fourth-order valence-corrected chi connectivity index (χ4v) is 3.95. The van der Waals surface area contributed by atoms with E-state index >= 15 is 0 Å². The van der Waals surface area contributed by atoms with E-state index in [0.717, 1.165) is 12.5 Å². The Morgan fingerprint density at radius 1 is 1.42 bits per heavy atom. The van der Waals surface area contributed by atoms with Gasteiger partial charge in [0.15, 0.2) is 0 Å². The molecule has 1 N–H and O–H groups in total. The molecular weight excluding hydrogens is 267 g/mol. The van der Waals surface area contributed by atoms with Gasteiger partial charge >= 0.3 is 0 Å². The molecule has 1 aliphatic carbocycles. The molecule has 1 aromatic carbocycles. The molecule has 1 aliphatic rings. The van der Waals surface area contributed by atoms with Crippen LogP contribution in [0.25, 0.3) is 0 Å². The molecule has 0 radical (unpaired) electrons. The van der Waals surface area contributed by atoms with Gasteiger partial charge in [-0.25, -0.2) is 17.5 Å². The number of aryl methyl sites for hydroxylation is 1. The Labute approximate surface area is 112 Å². The second kappa shape index (κ2) is 5.27. The summed E-state index contributed by atoms with van der Waals surface area (Å²) in [6, 6.07) is 5.40. The first kappa shape index (κ1) is 14.0. The lowest BCUT2D eigenvalue weighted by Crippen LogP contribution is -2.37. The van der Waals surface area contributed by atoms with Gasteiger partial charge in [0.2, 0.25) is 10.0 Å². The van der Waals surface area contributed by atoms with Crippen LogP contribution in [0.2, 0.25) is 0 Å². The van der Waals surface area contributed by atoms with E-state index in [9.17, 15) is 12.8 Å². The fourth-order valence-electron chi connectivity index (χ4n) is 2.38. The standard InChI is InChI=1S/C13H15FN2O2S/c1-9-5-6-11(14)7-13(9)19(17,18)16-12-4-2-3-10(12)8-15/h5-7,10,12,16H,2-4H2,1H3. The van der Waals surface area contributed by atoms with Gasteiger partial charge in [-0.15, -0.1) is 0 Å². The number of nitrogens with zero attached hydrogens (tertiary/aromatic N) is 1. The third-order valence-electron chi connectivity index (χ3n) is 3.43. The summed E-state index contributed by atoms with van der Waals surface area (Å²) in [5.41, 5.74) is 0.486. The number of benzene rings is 1. The van der Waals surface area contributed by atoms with Gasteiger partial charge in [0, 0.05) is 6.04 Å². The highest BCUT2D eigenvalue weighted by Crippen LogP contribution is 2.27. The van der Waals surface area contributed by atoms with E-state index in [-0.39, 0.29) is 16.9 Å². The predicted molar refractivity (Wildman–Crippen MR) is 68.2 cm³/mol. The zero-order valence-corrected chi connectivity index (χ0v) is 11.4. The van der Waals surface area contributed by atoms with Crippen LogP contribution in [-0.4, -0.2) is 14.5 Å². The summed E-state index contributed by atoms with van der Waals surface area (Å²) in [4.78, 5) is -0.0592. The summed E-state index contributed by atoms with van der Waals surface area (Å²) in [5.74, 6) is -0.891. The third kappa shape index (κ3) is 2.94. The van der Waals surface area contributed by atoms with Crippen molar-refractivity contribution in [2.45, 2.75) is 37.1 Å². The lowest BCUT2D eigenvalue weighted by Gasteiger charge is -2.16. The first-order chi connectivity index (χ1) is 8.94. The topological polar surface area (TPSA) is 70.0 Å². The molecule has 6 heteroatoms. The van der Waals surface area contributed by atoms with Crippen LogP contribution >= 0.6 is 0 Å². The van der Waals surface area contributed by atoms with Crippen molar-refractivity contribution in [3.63, 3.8) is 0 Å². The lowest BCUT2D eigenvalue weighted by molar-refractivity contribution is 0.514. The highest BCUT2D eigenvalue weighted by Gasteiger charge is 2.31. The Morgan fingerprint density at radius 3 is 2.84 bits per heavy atom. The van der Waals surface area contributed by atoms with E-state index in [2.05, 4.69) is 10.8 Å². The largest absolute Gasteiger partial charge is 0.241 e. The highest BCUT2D eigenvalue weighted by molar-refractivity contribution is 7.89. The average Bonchev–Trinajstić information content (AvgIpc) is 2.78. The average molecular weight is 282 g/mol. The minimum Gasteiger partial charge on any atom is -0.207 e. The van der Waals surface area contributed by atoms with Crippen LogP contribution in [0.5, 0.6) is 0 Å².